The summed E-state index contributed by atoms with van der Waals surface area (Å²) in [6.45, 7) is -2.41. The van der Waals surface area contributed by atoms with Crippen molar-refractivity contribution in [1.29, 1.82) is 0 Å². The number of hydrogen-bond acceptors (Lipinski definition) is 2. The SMILES string of the molecule is [2H]C([2H])([2H])Oc1cc(Br)cc(C([2H])([2H])[2H])n1. The molecular weight excluding hydrogens is 194 g/mol. The van der Waals surface area contributed by atoms with Gasteiger partial charge in [-0.2, -0.15) is 0 Å². The molecule has 54 valence electrons. The van der Waals surface area contributed by atoms with E-state index < -0.39 is 13.9 Å². The van der Waals surface area contributed by atoms with E-state index in [-0.39, 0.29) is 11.6 Å². The molecule has 2 nitrogen and oxygen atoms in total. The first kappa shape index (κ1) is 2.81. The lowest BCUT2D eigenvalue weighted by Crippen LogP contribution is -1.88. The first-order chi connectivity index (χ1) is 7.08. The lowest BCUT2D eigenvalue weighted by atomic mass is 10.4. The number of rotatable bonds is 1. The van der Waals surface area contributed by atoms with Crippen LogP contribution in [0, 0.1) is 6.85 Å². The van der Waals surface area contributed by atoms with Gasteiger partial charge in [0.2, 0.25) is 5.88 Å². The second-order valence-electron chi connectivity index (χ2n) is 1.61. The molecule has 0 atom stereocenters. The molecule has 1 rings (SSSR count). The van der Waals surface area contributed by atoms with E-state index in [2.05, 4.69) is 25.7 Å². The van der Waals surface area contributed by atoms with Gasteiger partial charge in [0.05, 0.1) is 11.2 Å². The molecule has 0 N–H and O–H groups in total. The van der Waals surface area contributed by atoms with E-state index in [1.54, 1.807) is 0 Å². The highest BCUT2D eigenvalue weighted by atomic mass is 79.9. The summed E-state index contributed by atoms with van der Waals surface area (Å²) in [5, 5.41) is 0. The molecule has 0 aliphatic carbocycles. The molecule has 10 heavy (non-hydrogen) atoms. The van der Waals surface area contributed by atoms with Crippen molar-refractivity contribution in [1.82, 2.24) is 4.98 Å². The van der Waals surface area contributed by atoms with Gasteiger partial charge in [-0.3, -0.25) is 0 Å². The van der Waals surface area contributed by atoms with Gasteiger partial charge in [-0.05, 0) is 12.9 Å². The van der Waals surface area contributed by atoms with E-state index in [0.717, 1.165) is 0 Å². The Hall–Kier alpha value is -0.570. The zero-order chi connectivity index (χ0) is 12.6. The number of pyridine rings is 1. The molecule has 0 aromatic carbocycles. The highest BCUT2D eigenvalue weighted by Crippen LogP contribution is 2.16. The van der Waals surface area contributed by atoms with Crippen LogP contribution in [-0.2, 0) is 0 Å². The van der Waals surface area contributed by atoms with Crippen LogP contribution in [0.4, 0.5) is 0 Å². The number of hydrogen-bond donors (Lipinski definition) is 0. The van der Waals surface area contributed by atoms with Crippen LogP contribution in [0.3, 0.4) is 0 Å². The molecule has 0 aliphatic rings. The van der Waals surface area contributed by atoms with Gasteiger partial charge in [-0.1, -0.05) is 15.9 Å². The minimum absolute atomic E-state index is 0.221. The molecule has 0 bridgehead atoms. The smallest absolute Gasteiger partial charge is 0.214 e. The van der Waals surface area contributed by atoms with Gasteiger partial charge in [-0.25, -0.2) is 4.98 Å². The quantitative estimate of drug-likeness (QED) is 0.705. The highest BCUT2D eigenvalue weighted by molar-refractivity contribution is 9.10. The molecule has 0 saturated heterocycles. The van der Waals surface area contributed by atoms with E-state index in [9.17, 15) is 0 Å². The molecule has 1 aromatic rings. The van der Waals surface area contributed by atoms with Gasteiger partial charge in [0.25, 0.3) is 0 Å². The van der Waals surface area contributed by atoms with Gasteiger partial charge in [-0.15, -0.1) is 0 Å². The second kappa shape index (κ2) is 3.01. The Kier molecular flexibility index (Phi) is 0.848. The van der Waals surface area contributed by atoms with Crippen LogP contribution in [0.25, 0.3) is 0 Å². The van der Waals surface area contributed by atoms with Crippen LogP contribution in [-0.4, -0.2) is 12.0 Å². The molecule has 3 heteroatoms. The van der Waals surface area contributed by atoms with E-state index in [1.165, 1.54) is 12.1 Å². The predicted molar refractivity (Wildman–Crippen MR) is 43.2 cm³/mol. The summed E-state index contributed by atoms with van der Waals surface area (Å²) in [6.07, 6.45) is 0. The average Bonchev–Trinajstić information content (AvgIpc) is 1.97. The van der Waals surface area contributed by atoms with Gasteiger partial charge in [0.15, 0.2) is 0 Å². The van der Waals surface area contributed by atoms with Crippen molar-refractivity contribution in [3.05, 3.63) is 22.3 Å². The number of ether oxygens (including phenoxy) is 1. The van der Waals surface area contributed by atoms with E-state index in [0.29, 0.717) is 4.47 Å². The summed E-state index contributed by atoms with van der Waals surface area (Å²) in [7, 11) is -2.65. The average molecular weight is 208 g/mol. The zero-order valence-electron chi connectivity index (χ0n) is 10.9. The second-order valence-corrected chi connectivity index (χ2v) is 2.53. The summed E-state index contributed by atoms with van der Waals surface area (Å²) in [5.74, 6) is -0.250. The Bertz CT molecular complexity index is 387. The Morgan fingerprint density at radius 3 is 3.30 bits per heavy atom. The van der Waals surface area contributed by atoms with E-state index in [4.69, 9.17) is 8.22 Å². The third-order valence-corrected chi connectivity index (χ3v) is 1.33. The maximum atomic E-state index is 7.15. The first-order valence-corrected chi connectivity index (χ1v) is 3.24. The topological polar surface area (TPSA) is 22.1 Å². The van der Waals surface area contributed by atoms with Crippen molar-refractivity contribution >= 4 is 15.9 Å². The van der Waals surface area contributed by atoms with Crippen LogP contribution >= 0.6 is 15.9 Å². The normalized spacial score (nSPS) is 20.9. The van der Waals surface area contributed by atoms with Crippen molar-refractivity contribution in [2.45, 2.75) is 6.85 Å². The number of nitrogens with zero attached hydrogens (tertiary/aromatic N) is 1. The summed E-state index contributed by atoms with van der Waals surface area (Å²) >= 11 is 3.06. The van der Waals surface area contributed by atoms with Gasteiger partial charge in [0, 0.05) is 20.3 Å². The third-order valence-electron chi connectivity index (χ3n) is 0.871. The molecule has 0 unspecified atom stereocenters. The van der Waals surface area contributed by atoms with E-state index in [1.807, 2.05) is 0 Å². The lowest BCUT2D eigenvalue weighted by Gasteiger charge is -1.99. The lowest BCUT2D eigenvalue weighted by molar-refractivity contribution is 0.396. The predicted octanol–water partition coefficient (Wildman–Crippen LogP) is 2.16. The number of aryl methyl sites for hydroxylation is 1. The van der Waals surface area contributed by atoms with Crippen molar-refractivity contribution in [3.8, 4) is 5.88 Å². The van der Waals surface area contributed by atoms with Gasteiger partial charge < -0.3 is 4.74 Å². The Morgan fingerprint density at radius 2 is 2.60 bits per heavy atom. The standard InChI is InChI=1S/C7H8BrNO/c1-5-3-6(8)4-7(9-5)10-2/h3-4H,1-2H3/i1D3,2D3. The molecule has 0 radical (unpaired) electrons. The summed E-state index contributed by atoms with van der Waals surface area (Å²) in [4.78, 5) is 3.62. The van der Waals surface area contributed by atoms with E-state index >= 15 is 0 Å². The molecule has 0 amide bonds. The van der Waals surface area contributed by atoms with Crippen molar-refractivity contribution < 1.29 is 13.0 Å². The largest absolute Gasteiger partial charge is 0.481 e. The number of methoxy groups -OCH3 is 1. The molecule has 0 spiro atoms. The van der Waals surface area contributed by atoms with Gasteiger partial charge in [0.1, 0.15) is 0 Å². The fourth-order valence-electron chi connectivity index (χ4n) is 0.526. The van der Waals surface area contributed by atoms with Gasteiger partial charge >= 0.3 is 0 Å². The monoisotopic (exact) mass is 207 g/mol. The molecular formula is C7H8BrNO. The third kappa shape index (κ3) is 1.70. The Balaban J connectivity index is 3.09. The number of aromatic nitrogens is 1. The number of halogens is 1. The highest BCUT2D eigenvalue weighted by Gasteiger charge is 1.95. The zero-order valence-corrected chi connectivity index (χ0v) is 6.47. The molecule has 0 aliphatic heterocycles. The minimum atomic E-state index is -2.65. The maximum absolute atomic E-state index is 7.15. The van der Waals surface area contributed by atoms with Crippen LogP contribution in [0.15, 0.2) is 16.6 Å². The Morgan fingerprint density at radius 1 is 1.70 bits per heavy atom. The minimum Gasteiger partial charge on any atom is -0.481 e. The van der Waals surface area contributed by atoms with Crippen LogP contribution in [0.1, 0.15) is 13.9 Å². The van der Waals surface area contributed by atoms with Crippen LogP contribution in [0.2, 0.25) is 0 Å². The summed E-state index contributed by atoms with van der Waals surface area (Å²) in [5.41, 5.74) is -0.221. The van der Waals surface area contributed by atoms with Crippen LogP contribution in [0.5, 0.6) is 5.88 Å². The fourth-order valence-corrected chi connectivity index (χ4v) is 0.938. The summed E-state index contributed by atoms with van der Waals surface area (Å²) < 4.78 is 47.0. The van der Waals surface area contributed by atoms with Crippen molar-refractivity contribution in [3.63, 3.8) is 0 Å². The first-order valence-electron chi connectivity index (χ1n) is 5.45. The van der Waals surface area contributed by atoms with Crippen molar-refractivity contribution in [2.75, 3.05) is 7.04 Å². The molecule has 0 saturated carbocycles. The van der Waals surface area contributed by atoms with Crippen LogP contribution < -0.4 is 4.74 Å². The molecule has 1 heterocycles. The Labute approximate surface area is 76.8 Å². The summed E-state index contributed by atoms with van der Waals surface area (Å²) in [6, 6.07) is 2.58. The fraction of sp³-hybridized carbons (Fsp3) is 0.286. The maximum Gasteiger partial charge on any atom is 0.214 e. The molecule has 0 fully saturated rings. The molecule has 1 aromatic heterocycles. The van der Waals surface area contributed by atoms with Crippen molar-refractivity contribution in [2.24, 2.45) is 0 Å².